The van der Waals surface area contributed by atoms with Gasteiger partial charge in [0.1, 0.15) is 11.5 Å². The highest BCUT2D eigenvalue weighted by Crippen LogP contribution is 2.40. The number of benzene rings is 2. The minimum Gasteiger partial charge on any atom is -0.497 e. The molecule has 0 heterocycles. The van der Waals surface area contributed by atoms with Gasteiger partial charge in [-0.1, -0.05) is 24.3 Å². The Morgan fingerprint density at radius 3 is 2.75 bits per heavy atom. The van der Waals surface area contributed by atoms with Gasteiger partial charge in [-0.2, -0.15) is 0 Å². The molecule has 4 rings (SSSR count). The molecule has 28 heavy (non-hydrogen) atoms. The van der Waals surface area contributed by atoms with E-state index in [0.717, 1.165) is 56.6 Å². The summed E-state index contributed by atoms with van der Waals surface area (Å²) in [5.74, 6) is 2.73. The third-order valence-electron chi connectivity index (χ3n) is 6.52. The van der Waals surface area contributed by atoms with Crippen molar-refractivity contribution in [2.24, 2.45) is 11.7 Å². The van der Waals surface area contributed by atoms with Crippen molar-refractivity contribution in [3.8, 4) is 11.5 Å². The van der Waals surface area contributed by atoms with Gasteiger partial charge in [0.05, 0.1) is 20.3 Å². The summed E-state index contributed by atoms with van der Waals surface area (Å²) in [5, 5.41) is 9.53. The Kier molecular flexibility index (Phi) is 5.61. The number of methoxy groups -OCH3 is 1. The first kappa shape index (κ1) is 19.3. The molecule has 4 heteroatoms. The zero-order valence-electron chi connectivity index (χ0n) is 16.7. The molecule has 4 nitrogen and oxygen atoms in total. The summed E-state index contributed by atoms with van der Waals surface area (Å²) in [6.07, 6.45) is 6.21. The predicted molar refractivity (Wildman–Crippen MR) is 111 cm³/mol. The van der Waals surface area contributed by atoms with Crippen molar-refractivity contribution in [1.82, 2.24) is 0 Å². The van der Waals surface area contributed by atoms with E-state index in [1.54, 1.807) is 7.11 Å². The Balaban J connectivity index is 1.37. The van der Waals surface area contributed by atoms with E-state index in [9.17, 15) is 5.11 Å². The summed E-state index contributed by atoms with van der Waals surface area (Å²) < 4.78 is 11.3. The summed E-state index contributed by atoms with van der Waals surface area (Å²) in [6.45, 7) is 0.826. The number of ether oxygens (including phenoxy) is 2. The number of hydrogen-bond acceptors (Lipinski definition) is 4. The molecule has 1 fully saturated rings. The molecule has 0 radical (unpaired) electrons. The van der Waals surface area contributed by atoms with Crippen molar-refractivity contribution in [2.45, 2.75) is 50.0 Å². The molecule has 0 unspecified atom stereocenters. The van der Waals surface area contributed by atoms with Crippen LogP contribution in [-0.2, 0) is 12.8 Å². The SMILES string of the molecule is COc1cccc(OC[C@H]2CCc3cc([C@@H]4CC[C@](N)(CO)C4)ccc3C2)c1. The Hall–Kier alpha value is -2.04. The molecule has 0 aromatic heterocycles. The summed E-state index contributed by atoms with van der Waals surface area (Å²) >= 11 is 0. The number of hydrogen-bond donors (Lipinski definition) is 2. The third kappa shape index (κ3) is 4.18. The van der Waals surface area contributed by atoms with Crippen LogP contribution in [0.15, 0.2) is 42.5 Å². The average Bonchev–Trinajstić information content (AvgIpc) is 3.14. The molecular formula is C24H31NO3. The second kappa shape index (κ2) is 8.14. The van der Waals surface area contributed by atoms with E-state index >= 15 is 0 Å². The summed E-state index contributed by atoms with van der Waals surface area (Å²) in [5.41, 5.74) is 10.2. The van der Waals surface area contributed by atoms with Gasteiger partial charge >= 0.3 is 0 Å². The molecule has 0 bridgehead atoms. The quantitative estimate of drug-likeness (QED) is 0.798. The van der Waals surface area contributed by atoms with Crippen molar-refractivity contribution in [3.63, 3.8) is 0 Å². The smallest absolute Gasteiger partial charge is 0.122 e. The number of aliphatic hydroxyl groups excluding tert-OH is 1. The number of nitrogens with two attached hydrogens (primary N) is 1. The van der Waals surface area contributed by atoms with Crippen molar-refractivity contribution in [3.05, 3.63) is 59.2 Å². The molecule has 0 amide bonds. The van der Waals surface area contributed by atoms with Crippen LogP contribution in [0, 0.1) is 5.92 Å². The standard InChI is InChI=1S/C24H31NO3/c1-27-22-3-2-4-23(13-22)28-15-17-5-6-19-12-20(8-7-18(19)11-17)21-9-10-24(25,14-21)16-26/h2-4,7-8,12-13,17,21,26H,5-6,9-11,14-16,25H2,1H3/t17-,21+,24+/m0/s1. The largest absolute Gasteiger partial charge is 0.497 e. The van der Waals surface area contributed by atoms with Crippen LogP contribution in [0.2, 0.25) is 0 Å². The lowest BCUT2D eigenvalue weighted by atomic mass is 9.82. The van der Waals surface area contributed by atoms with Crippen LogP contribution in [0.3, 0.4) is 0 Å². The molecular weight excluding hydrogens is 350 g/mol. The monoisotopic (exact) mass is 381 g/mol. The second-order valence-corrected chi connectivity index (χ2v) is 8.59. The molecule has 2 aliphatic carbocycles. The summed E-state index contributed by atoms with van der Waals surface area (Å²) in [7, 11) is 1.67. The highest BCUT2D eigenvalue weighted by Gasteiger charge is 2.36. The lowest BCUT2D eigenvalue weighted by Gasteiger charge is -2.26. The van der Waals surface area contributed by atoms with Crippen LogP contribution < -0.4 is 15.2 Å². The van der Waals surface area contributed by atoms with E-state index in [4.69, 9.17) is 15.2 Å². The lowest BCUT2D eigenvalue weighted by Crippen LogP contribution is -2.40. The molecule has 3 atom stereocenters. The van der Waals surface area contributed by atoms with Gasteiger partial charge < -0.3 is 20.3 Å². The minimum absolute atomic E-state index is 0.0867. The van der Waals surface area contributed by atoms with E-state index in [1.165, 1.54) is 16.7 Å². The average molecular weight is 382 g/mol. The number of fused-ring (bicyclic) bond motifs is 1. The highest BCUT2D eigenvalue weighted by atomic mass is 16.5. The van der Waals surface area contributed by atoms with Gasteiger partial charge in [0.15, 0.2) is 0 Å². The summed E-state index contributed by atoms with van der Waals surface area (Å²) in [6, 6.07) is 14.8. The minimum atomic E-state index is -0.386. The van der Waals surface area contributed by atoms with Gasteiger partial charge in [-0.05, 0) is 79.2 Å². The van der Waals surface area contributed by atoms with Gasteiger partial charge in [0.25, 0.3) is 0 Å². The fourth-order valence-corrected chi connectivity index (χ4v) is 4.74. The molecule has 150 valence electrons. The second-order valence-electron chi connectivity index (χ2n) is 8.59. The molecule has 2 aromatic rings. The maximum absolute atomic E-state index is 9.53. The van der Waals surface area contributed by atoms with Crippen LogP contribution in [0.1, 0.15) is 48.3 Å². The Labute approximate surface area is 167 Å². The zero-order chi connectivity index (χ0) is 19.6. The molecule has 3 N–H and O–H groups in total. The normalized spacial score (nSPS) is 26.7. The molecule has 2 aliphatic rings. The maximum Gasteiger partial charge on any atom is 0.122 e. The van der Waals surface area contributed by atoms with E-state index in [2.05, 4.69) is 18.2 Å². The number of aryl methyl sites for hydroxylation is 1. The molecule has 0 spiro atoms. The zero-order valence-corrected chi connectivity index (χ0v) is 16.7. The predicted octanol–water partition coefficient (Wildman–Crippen LogP) is 3.84. The Morgan fingerprint density at radius 2 is 1.96 bits per heavy atom. The Morgan fingerprint density at radius 1 is 1.11 bits per heavy atom. The third-order valence-corrected chi connectivity index (χ3v) is 6.52. The van der Waals surface area contributed by atoms with Crippen molar-refractivity contribution < 1.29 is 14.6 Å². The van der Waals surface area contributed by atoms with Crippen molar-refractivity contribution in [1.29, 1.82) is 0 Å². The fourth-order valence-electron chi connectivity index (χ4n) is 4.74. The van der Waals surface area contributed by atoms with Crippen LogP contribution in [-0.4, -0.2) is 31.0 Å². The number of rotatable bonds is 6. The number of aliphatic hydroxyl groups is 1. The molecule has 2 aromatic carbocycles. The fraction of sp³-hybridized carbons (Fsp3) is 0.500. The first-order valence-corrected chi connectivity index (χ1v) is 10.4. The van der Waals surface area contributed by atoms with E-state index in [1.807, 2.05) is 24.3 Å². The van der Waals surface area contributed by atoms with Crippen LogP contribution in [0.5, 0.6) is 11.5 Å². The molecule has 1 saturated carbocycles. The van der Waals surface area contributed by atoms with Gasteiger partial charge in [0.2, 0.25) is 0 Å². The van der Waals surface area contributed by atoms with Crippen molar-refractivity contribution in [2.75, 3.05) is 20.3 Å². The first-order chi connectivity index (χ1) is 13.6. The van der Waals surface area contributed by atoms with Gasteiger partial charge in [-0.3, -0.25) is 0 Å². The first-order valence-electron chi connectivity index (χ1n) is 10.4. The van der Waals surface area contributed by atoms with E-state index in [0.29, 0.717) is 11.8 Å². The van der Waals surface area contributed by atoms with Gasteiger partial charge in [0, 0.05) is 11.6 Å². The Bertz CT molecular complexity index is 821. The van der Waals surface area contributed by atoms with Gasteiger partial charge in [-0.15, -0.1) is 0 Å². The van der Waals surface area contributed by atoms with E-state index < -0.39 is 0 Å². The molecule has 0 saturated heterocycles. The van der Waals surface area contributed by atoms with Crippen LogP contribution in [0.25, 0.3) is 0 Å². The van der Waals surface area contributed by atoms with Gasteiger partial charge in [-0.25, -0.2) is 0 Å². The van der Waals surface area contributed by atoms with E-state index in [-0.39, 0.29) is 12.1 Å². The summed E-state index contributed by atoms with van der Waals surface area (Å²) in [4.78, 5) is 0. The maximum atomic E-state index is 9.53. The van der Waals surface area contributed by atoms with Crippen LogP contribution >= 0.6 is 0 Å². The molecule has 0 aliphatic heterocycles. The highest BCUT2D eigenvalue weighted by molar-refractivity contribution is 5.37. The van der Waals surface area contributed by atoms with Crippen LogP contribution in [0.4, 0.5) is 0 Å². The van der Waals surface area contributed by atoms with Crippen molar-refractivity contribution >= 4 is 0 Å². The topological polar surface area (TPSA) is 64.7 Å². The lowest BCUT2D eigenvalue weighted by molar-refractivity contribution is 0.198.